The van der Waals surface area contributed by atoms with E-state index in [-0.39, 0.29) is 8.18 Å². The third-order valence-corrected chi connectivity index (χ3v) is 6.19. The molecule has 11 heavy (non-hydrogen) atoms. The SMILES string of the molecule is C[O][Ti]([O]C)([C](C)=O)[C](C)=O. The van der Waals surface area contributed by atoms with E-state index in [4.69, 9.17) is 6.64 Å². The Morgan fingerprint density at radius 1 is 1.00 bits per heavy atom. The standard InChI is InChI=1S/2C2H3O.2CH3O.Ti/c2*1-2-3;2*1-2;/h2*1H3;2*1H3;/q;;2*-1;+2. The van der Waals surface area contributed by atoms with Crippen molar-refractivity contribution in [3.05, 3.63) is 0 Å². The first-order valence-electron chi connectivity index (χ1n) is 3.13. The van der Waals surface area contributed by atoms with E-state index in [9.17, 15) is 9.59 Å². The predicted molar refractivity (Wildman–Crippen MR) is 35.4 cm³/mol. The predicted octanol–water partition coefficient (Wildman–Crippen LogP) is 0.356. The van der Waals surface area contributed by atoms with Gasteiger partial charge in [0, 0.05) is 0 Å². The third-order valence-electron chi connectivity index (χ3n) is 1.50. The Kier molecular flexibility index (Phi) is 4.10. The molecule has 0 aromatic heterocycles. The van der Waals surface area contributed by atoms with Crippen LogP contribution in [0.1, 0.15) is 13.8 Å². The molecule has 4 nitrogen and oxygen atoms in total. The molecule has 0 N–H and O–H groups in total. The van der Waals surface area contributed by atoms with E-state index >= 15 is 0 Å². The summed E-state index contributed by atoms with van der Waals surface area (Å²) in [4.78, 5) is 22.0. The van der Waals surface area contributed by atoms with Crippen molar-refractivity contribution in [2.24, 2.45) is 0 Å². The van der Waals surface area contributed by atoms with Gasteiger partial charge in [-0.15, -0.1) is 0 Å². The molecule has 0 aromatic rings. The minimum atomic E-state index is -3.69. The van der Waals surface area contributed by atoms with E-state index in [0.717, 1.165) is 0 Å². The Hall–Kier alpha value is -0.0257. The molecule has 0 saturated carbocycles. The van der Waals surface area contributed by atoms with Gasteiger partial charge in [-0.3, -0.25) is 0 Å². The van der Waals surface area contributed by atoms with Gasteiger partial charge in [0.15, 0.2) is 0 Å². The number of hydrogen-bond donors (Lipinski definition) is 0. The van der Waals surface area contributed by atoms with Crippen molar-refractivity contribution in [3.63, 3.8) is 0 Å². The van der Waals surface area contributed by atoms with Gasteiger partial charge in [0.05, 0.1) is 0 Å². The van der Waals surface area contributed by atoms with Crippen LogP contribution in [0.2, 0.25) is 0 Å². The van der Waals surface area contributed by atoms with Crippen LogP contribution in [0.25, 0.3) is 0 Å². The van der Waals surface area contributed by atoms with E-state index in [1.165, 1.54) is 28.1 Å². The molecule has 0 saturated heterocycles. The molecule has 0 bridgehead atoms. The fraction of sp³-hybridized carbons (Fsp3) is 0.667. The molecule has 0 aliphatic rings. The van der Waals surface area contributed by atoms with Gasteiger partial charge in [0.25, 0.3) is 0 Å². The van der Waals surface area contributed by atoms with Crippen LogP contribution in [-0.4, -0.2) is 22.4 Å². The van der Waals surface area contributed by atoms with Gasteiger partial charge in [-0.05, 0) is 0 Å². The van der Waals surface area contributed by atoms with Gasteiger partial charge >= 0.3 is 69.8 Å². The van der Waals surface area contributed by atoms with E-state index in [1.807, 2.05) is 0 Å². The Morgan fingerprint density at radius 3 is 1.27 bits per heavy atom. The van der Waals surface area contributed by atoms with Gasteiger partial charge in [-0.25, -0.2) is 0 Å². The molecular formula is C6H12O4Ti. The maximum atomic E-state index is 11.0. The van der Waals surface area contributed by atoms with Crippen LogP contribution in [0.5, 0.6) is 0 Å². The molecule has 0 unspecified atom stereocenters. The summed E-state index contributed by atoms with van der Waals surface area (Å²) in [5.74, 6) is 0. The second-order valence-corrected chi connectivity index (χ2v) is 7.54. The van der Waals surface area contributed by atoms with Gasteiger partial charge in [0.1, 0.15) is 0 Å². The zero-order valence-corrected chi connectivity index (χ0v) is 8.69. The molecule has 5 heteroatoms. The Labute approximate surface area is 70.2 Å². The van der Waals surface area contributed by atoms with Gasteiger partial charge in [0.2, 0.25) is 0 Å². The van der Waals surface area contributed by atoms with Gasteiger partial charge < -0.3 is 0 Å². The molecule has 64 valence electrons. The van der Waals surface area contributed by atoms with Crippen molar-refractivity contribution >= 4 is 8.18 Å². The van der Waals surface area contributed by atoms with Crippen molar-refractivity contribution in [1.29, 1.82) is 0 Å². The monoisotopic (exact) mass is 196 g/mol. The molecule has 0 amide bonds. The summed E-state index contributed by atoms with van der Waals surface area (Å²) < 4.78 is 9.23. The summed E-state index contributed by atoms with van der Waals surface area (Å²) in [6.07, 6.45) is 0. The molecule has 0 aromatic carbocycles. The first kappa shape index (κ1) is 11.0. The normalized spacial score (nSPS) is 11.3. The summed E-state index contributed by atoms with van der Waals surface area (Å²) in [6.45, 7) is 2.66. The third kappa shape index (κ3) is 1.96. The number of carbonyl (C=O) groups excluding carboxylic acids is 2. The van der Waals surface area contributed by atoms with Gasteiger partial charge in [-0.2, -0.15) is 0 Å². The van der Waals surface area contributed by atoms with Crippen LogP contribution in [0.3, 0.4) is 0 Å². The molecule has 0 radical (unpaired) electrons. The number of rotatable bonds is 4. The summed E-state index contributed by atoms with van der Waals surface area (Å²) in [7, 11) is 2.68. The van der Waals surface area contributed by atoms with Crippen LogP contribution < -0.4 is 0 Å². The van der Waals surface area contributed by atoms with E-state index < -0.39 is 17.4 Å². The van der Waals surface area contributed by atoms with E-state index in [0.29, 0.717) is 0 Å². The molecular weight excluding hydrogens is 184 g/mol. The molecule has 0 rings (SSSR count). The summed E-state index contributed by atoms with van der Waals surface area (Å²) in [6, 6.07) is 0. The average molecular weight is 196 g/mol. The molecule has 0 aliphatic carbocycles. The van der Waals surface area contributed by atoms with Crippen LogP contribution >= 0.6 is 0 Å². The summed E-state index contributed by atoms with van der Waals surface area (Å²) in [5.41, 5.74) is 0. The van der Waals surface area contributed by atoms with Crippen LogP contribution in [-0.2, 0) is 33.6 Å². The zero-order valence-electron chi connectivity index (χ0n) is 7.13. The summed E-state index contributed by atoms with van der Waals surface area (Å²) in [5, 5.41) is 0. The van der Waals surface area contributed by atoms with Crippen molar-refractivity contribution in [2.75, 3.05) is 14.2 Å². The van der Waals surface area contributed by atoms with Crippen molar-refractivity contribution in [3.8, 4) is 0 Å². The maximum absolute atomic E-state index is 11.0. The number of carbonyl (C=O) groups is 2. The zero-order chi connectivity index (χ0) is 9.07. The first-order chi connectivity index (χ1) is 5.01. The van der Waals surface area contributed by atoms with E-state index in [1.54, 1.807) is 0 Å². The molecule has 0 heterocycles. The fourth-order valence-corrected chi connectivity index (χ4v) is 3.74. The second-order valence-electron chi connectivity index (χ2n) is 2.14. The average Bonchev–Trinajstić information content (AvgIpc) is 1.90. The number of hydrogen-bond acceptors (Lipinski definition) is 4. The fourth-order valence-electron chi connectivity index (χ4n) is 0.906. The first-order valence-corrected chi connectivity index (χ1v) is 5.97. The molecule has 0 aliphatic heterocycles. The van der Waals surface area contributed by atoms with Crippen molar-refractivity contribution in [1.82, 2.24) is 0 Å². The quantitative estimate of drug-likeness (QED) is 0.609. The summed E-state index contributed by atoms with van der Waals surface area (Å²) >= 11 is -3.69. The molecule has 0 spiro atoms. The van der Waals surface area contributed by atoms with Crippen LogP contribution in [0, 0.1) is 0 Å². The van der Waals surface area contributed by atoms with Crippen LogP contribution in [0.4, 0.5) is 0 Å². The van der Waals surface area contributed by atoms with Crippen molar-refractivity contribution < 1.29 is 33.6 Å². The topological polar surface area (TPSA) is 52.6 Å². The van der Waals surface area contributed by atoms with Crippen molar-refractivity contribution in [2.45, 2.75) is 13.8 Å². The Bertz CT molecular complexity index is 157. The Balaban J connectivity index is 4.76. The Morgan fingerprint density at radius 2 is 1.27 bits per heavy atom. The van der Waals surface area contributed by atoms with Gasteiger partial charge in [-0.1, -0.05) is 0 Å². The van der Waals surface area contributed by atoms with Crippen LogP contribution in [0.15, 0.2) is 0 Å². The second kappa shape index (κ2) is 4.11. The van der Waals surface area contributed by atoms with E-state index in [2.05, 4.69) is 0 Å². The molecule has 0 atom stereocenters. The molecule has 0 fully saturated rings. The minimum absolute atomic E-state index is 0.262.